The summed E-state index contributed by atoms with van der Waals surface area (Å²) in [6.07, 6.45) is 0.669. The summed E-state index contributed by atoms with van der Waals surface area (Å²) in [6.45, 7) is 6.16. The molecule has 4 heteroatoms. The summed E-state index contributed by atoms with van der Waals surface area (Å²) in [5.41, 5.74) is 0. The van der Waals surface area contributed by atoms with Crippen LogP contribution in [0.4, 0.5) is 0 Å². The van der Waals surface area contributed by atoms with E-state index in [2.05, 4.69) is 5.32 Å². The predicted molar refractivity (Wildman–Crippen MR) is 46.0 cm³/mol. The zero-order valence-corrected chi connectivity index (χ0v) is 7.71. The van der Waals surface area contributed by atoms with Gasteiger partial charge in [0, 0.05) is 13.2 Å². The van der Waals surface area contributed by atoms with Crippen molar-refractivity contribution in [3.8, 4) is 0 Å². The minimum absolute atomic E-state index is 0.0256. The van der Waals surface area contributed by atoms with Crippen LogP contribution < -0.4 is 5.32 Å². The van der Waals surface area contributed by atoms with Gasteiger partial charge in [0.25, 0.3) is 0 Å². The Balaban J connectivity index is 3.46. The van der Waals surface area contributed by atoms with Gasteiger partial charge in [0.2, 0.25) is 6.41 Å². The van der Waals surface area contributed by atoms with Crippen LogP contribution in [0, 0.1) is 0 Å². The van der Waals surface area contributed by atoms with Crippen LogP contribution >= 0.6 is 0 Å². The molecule has 0 aromatic heterocycles. The smallest absolute Gasteiger partial charge is 0.207 e. The monoisotopic (exact) mass is 175 g/mol. The Hall–Kier alpha value is -0.610. The lowest BCUT2D eigenvalue weighted by atomic mass is 10.3. The number of ether oxygens (including phenoxy) is 2. The van der Waals surface area contributed by atoms with Crippen LogP contribution in [-0.2, 0) is 14.3 Å². The third kappa shape index (κ3) is 6.12. The molecule has 1 N–H and O–H groups in total. The number of rotatable bonds is 8. The molecule has 12 heavy (non-hydrogen) atoms. The minimum Gasteiger partial charge on any atom is -0.380 e. The van der Waals surface area contributed by atoms with E-state index in [1.165, 1.54) is 0 Å². The van der Waals surface area contributed by atoms with Crippen molar-refractivity contribution in [3.63, 3.8) is 0 Å². The molecule has 0 atom stereocenters. The van der Waals surface area contributed by atoms with E-state index in [4.69, 9.17) is 9.47 Å². The molecule has 0 aliphatic carbocycles. The van der Waals surface area contributed by atoms with Gasteiger partial charge >= 0.3 is 0 Å². The summed E-state index contributed by atoms with van der Waals surface area (Å²) in [4.78, 5) is 10.1. The predicted octanol–water partition coefficient (Wildman–Crippen LogP) is 0.174. The Labute approximate surface area is 73.2 Å². The van der Waals surface area contributed by atoms with E-state index in [-0.39, 0.29) is 6.04 Å². The lowest BCUT2D eigenvalue weighted by Crippen LogP contribution is -2.36. The Morgan fingerprint density at radius 2 is 1.75 bits per heavy atom. The number of nitrogens with one attached hydrogen (secondary N) is 1. The fourth-order valence-corrected chi connectivity index (χ4v) is 0.761. The Bertz CT molecular complexity index is 100. The SMILES string of the molecule is CCOCC(COCC)NC=O. The highest BCUT2D eigenvalue weighted by atomic mass is 16.5. The van der Waals surface area contributed by atoms with Crippen molar-refractivity contribution in [2.75, 3.05) is 26.4 Å². The molecule has 0 aliphatic heterocycles. The third-order valence-corrected chi connectivity index (χ3v) is 1.35. The first kappa shape index (κ1) is 11.4. The summed E-state index contributed by atoms with van der Waals surface area (Å²) in [5.74, 6) is 0. The van der Waals surface area contributed by atoms with E-state index >= 15 is 0 Å². The van der Waals surface area contributed by atoms with E-state index < -0.39 is 0 Å². The van der Waals surface area contributed by atoms with Crippen LogP contribution in [0.5, 0.6) is 0 Å². The molecule has 0 aromatic carbocycles. The topological polar surface area (TPSA) is 47.6 Å². The van der Waals surface area contributed by atoms with Crippen LogP contribution in [0.1, 0.15) is 13.8 Å². The zero-order valence-electron chi connectivity index (χ0n) is 7.71. The summed E-state index contributed by atoms with van der Waals surface area (Å²) < 4.78 is 10.3. The average Bonchev–Trinajstić information content (AvgIpc) is 2.10. The van der Waals surface area contributed by atoms with Gasteiger partial charge in [-0.15, -0.1) is 0 Å². The molecule has 0 saturated carbocycles. The summed E-state index contributed by atoms with van der Waals surface area (Å²) in [6, 6.07) is -0.0256. The van der Waals surface area contributed by atoms with Gasteiger partial charge in [-0.1, -0.05) is 0 Å². The Morgan fingerprint density at radius 3 is 2.08 bits per heavy atom. The van der Waals surface area contributed by atoms with Gasteiger partial charge in [-0.3, -0.25) is 4.79 Å². The van der Waals surface area contributed by atoms with Crippen molar-refractivity contribution >= 4 is 6.41 Å². The van der Waals surface area contributed by atoms with Crippen molar-refractivity contribution in [1.29, 1.82) is 0 Å². The normalized spacial score (nSPS) is 10.2. The second-order valence-electron chi connectivity index (χ2n) is 2.30. The van der Waals surface area contributed by atoms with Crippen LogP contribution in [-0.4, -0.2) is 38.9 Å². The highest BCUT2D eigenvalue weighted by Crippen LogP contribution is 1.87. The van der Waals surface area contributed by atoms with Gasteiger partial charge in [-0.05, 0) is 13.8 Å². The quantitative estimate of drug-likeness (QED) is 0.535. The van der Waals surface area contributed by atoms with Gasteiger partial charge in [0.05, 0.1) is 19.3 Å². The maximum atomic E-state index is 10.1. The largest absolute Gasteiger partial charge is 0.380 e. The van der Waals surface area contributed by atoms with Crippen molar-refractivity contribution in [3.05, 3.63) is 0 Å². The number of carbonyl (C=O) groups is 1. The molecule has 0 bridgehead atoms. The molecule has 4 nitrogen and oxygen atoms in total. The fourth-order valence-electron chi connectivity index (χ4n) is 0.761. The minimum atomic E-state index is -0.0256. The van der Waals surface area contributed by atoms with Crippen LogP contribution in [0.25, 0.3) is 0 Å². The molecule has 0 saturated heterocycles. The van der Waals surface area contributed by atoms with Gasteiger partial charge in [0.1, 0.15) is 0 Å². The molecule has 0 radical (unpaired) electrons. The number of hydrogen-bond acceptors (Lipinski definition) is 3. The van der Waals surface area contributed by atoms with Crippen molar-refractivity contribution in [2.24, 2.45) is 0 Å². The number of carbonyl (C=O) groups excluding carboxylic acids is 1. The first-order valence-electron chi connectivity index (χ1n) is 4.20. The molecular formula is C8H17NO3. The van der Waals surface area contributed by atoms with E-state index in [0.29, 0.717) is 32.8 Å². The molecule has 1 amide bonds. The standard InChI is InChI=1S/C8H17NO3/c1-3-11-5-8(9-7-10)6-12-4-2/h7-8H,3-6H2,1-2H3,(H,9,10). The van der Waals surface area contributed by atoms with E-state index in [0.717, 1.165) is 0 Å². The van der Waals surface area contributed by atoms with Crippen LogP contribution in [0.2, 0.25) is 0 Å². The fraction of sp³-hybridized carbons (Fsp3) is 0.875. The van der Waals surface area contributed by atoms with Crippen molar-refractivity contribution in [1.82, 2.24) is 5.32 Å². The second-order valence-corrected chi connectivity index (χ2v) is 2.30. The molecule has 0 aliphatic rings. The van der Waals surface area contributed by atoms with Gasteiger partial charge in [-0.2, -0.15) is 0 Å². The number of amides is 1. The Morgan fingerprint density at radius 1 is 1.25 bits per heavy atom. The molecule has 0 unspecified atom stereocenters. The van der Waals surface area contributed by atoms with E-state index in [1.807, 2.05) is 13.8 Å². The molecule has 0 aromatic rings. The molecular weight excluding hydrogens is 158 g/mol. The lowest BCUT2D eigenvalue weighted by Gasteiger charge is -2.14. The zero-order chi connectivity index (χ0) is 9.23. The Kier molecular flexibility index (Phi) is 8.05. The van der Waals surface area contributed by atoms with Gasteiger partial charge in [-0.25, -0.2) is 0 Å². The molecule has 0 heterocycles. The first-order chi connectivity index (χ1) is 5.85. The highest BCUT2D eigenvalue weighted by molar-refractivity contribution is 5.46. The maximum Gasteiger partial charge on any atom is 0.207 e. The molecule has 72 valence electrons. The maximum absolute atomic E-state index is 10.1. The van der Waals surface area contributed by atoms with E-state index in [1.54, 1.807) is 0 Å². The average molecular weight is 175 g/mol. The first-order valence-corrected chi connectivity index (χ1v) is 4.20. The lowest BCUT2D eigenvalue weighted by molar-refractivity contribution is -0.111. The van der Waals surface area contributed by atoms with Crippen molar-refractivity contribution in [2.45, 2.75) is 19.9 Å². The summed E-state index contributed by atoms with van der Waals surface area (Å²) >= 11 is 0. The molecule has 0 rings (SSSR count). The molecule has 0 spiro atoms. The van der Waals surface area contributed by atoms with E-state index in [9.17, 15) is 4.79 Å². The molecule has 0 fully saturated rings. The van der Waals surface area contributed by atoms with Crippen molar-refractivity contribution < 1.29 is 14.3 Å². The summed E-state index contributed by atoms with van der Waals surface area (Å²) in [5, 5.41) is 2.62. The van der Waals surface area contributed by atoms with Gasteiger partial charge < -0.3 is 14.8 Å². The third-order valence-electron chi connectivity index (χ3n) is 1.35. The second kappa shape index (κ2) is 8.49. The number of hydrogen-bond donors (Lipinski definition) is 1. The highest BCUT2D eigenvalue weighted by Gasteiger charge is 2.05. The summed E-state index contributed by atoms with van der Waals surface area (Å²) in [7, 11) is 0. The van der Waals surface area contributed by atoms with Crippen LogP contribution in [0.15, 0.2) is 0 Å². The van der Waals surface area contributed by atoms with Gasteiger partial charge in [0.15, 0.2) is 0 Å². The van der Waals surface area contributed by atoms with Crippen LogP contribution in [0.3, 0.4) is 0 Å².